The van der Waals surface area contributed by atoms with Crippen LogP contribution in [0.25, 0.3) is 10.9 Å². The Morgan fingerprint density at radius 1 is 1.12 bits per heavy atom. The second-order valence-corrected chi connectivity index (χ2v) is 9.21. The molecule has 0 bridgehead atoms. The Bertz CT molecular complexity index is 1150. The van der Waals surface area contributed by atoms with Crippen molar-refractivity contribution in [1.29, 1.82) is 0 Å². The molecule has 2 aliphatic rings. The molecule has 2 aromatic carbocycles. The summed E-state index contributed by atoms with van der Waals surface area (Å²) in [6.45, 7) is 7.85. The molecule has 5 rings (SSSR count). The number of H-pyrrole nitrogens is 1. The number of aromatic nitrogens is 1. The molecule has 1 amide bonds. The second kappa shape index (κ2) is 8.75. The number of carbonyl (C=O) groups is 1. The first kappa shape index (κ1) is 21.8. The maximum absolute atomic E-state index is 12.7. The average molecular weight is 448 g/mol. The van der Waals surface area contributed by atoms with E-state index < -0.39 is 0 Å². The second-order valence-electron chi connectivity index (χ2n) is 9.21. The number of likely N-dealkylation sites (tertiary alicyclic amines) is 1. The number of amides is 1. The lowest BCUT2D eigenvalue weighted by atomic mass is 9.84. The van der Waals surface area contributed by atoms with Gasteiger partial charge in [-0.2, -0.15) is 0 Å². The van der Waals surface area contributed by atoms with Crippen LogP contribution in [0.4, 0.5) is 0 Å². The number of nitrogens with one attached hydrogen (secondary N) is 1. The first-order valence-corrected chi connectivity index (χ1v) is 12.0. The summed E-state index contributed by atoms with van der Waals surface area (Å²) in [5.41, 5.74) is 4.65. The number of ether oxygens (including phenoxy) is 2. The van der Waals surface area contributed by atoms with E-state index in [9.17, 15) is 4.79 Å². The van der Waals surface area contributed by atoms with Gasteiger partial charge in [0.2, 0.25) is 5.91 Å². The summed E-state index contributed by atoms with van der Waals surface area (Å²) in [6.07, 6.45) is 2.82. The fraction of sp³-hybridized carbons (Fsp3) is 0.444. The normalized spacial score (nSPS) is 20.4. The Kier molecular flexibility index (Phi) is 5.79. The number of nitrogens with zero attached hydrogens (tertiary/aromatic N) is 2. The third kappa shape index (κ3) is 3.86. The minimum atomic E-state index is -0.311. The standard InChI is InChI=1S/C27H33N3O3/c1-4-20-5-7-21(8-6-20)33-16-15-29-14-12-27(18-29)26-23(11-13-30(27)19(2)31)24-17-22(32-3)9-10-25(24)28-26/h5-10,17,28H,4,11-16,18H2,1-3H3. The molecule has 1 saturated heterocycles. The third-order valence-electron chi connectivity index (χ3n) is 7.40. The summed E-state index contributed by atoms with van der Waals surface area (Å²) in [5, 5.41) is 1.21. The molecule has 1 spiro atoms. The van der Waals surface area contributed by atoms with E-state index in [1.54, 1.807) is 14.0 Å². The minimum Gasteiger partial charge on any atom is -0.497 e. The zero-order valence-corrected chi connectivity index (χ0v) is 19.8. The van der Waals surface area contributed by atoms with Gasteiger partial charge in [0, 0.05) is 49.7 Å². The van der Waals surface area contributed by atoms with Gasteiger partial charge in [-0.15, -0.1) is 0 Å². The molecule has 0 aliphatic carbocycles. The number of carbonyl (C=O) groups excluding carboxylic acids is 1. The van der Waals surface area contributed by atoms with E-state index in [-0.39, 0.29) is 11.4 Å². The van der Waals surface area contributed by atoms with Gasteiger partial charge < -0.3 is 19.4 Å². The van der Waals surface area contributed by atoms with Crippen molar-refractivity contribution in [2.45, 2.75) is 38.6 Å². The van der Waals surface area contributed by atoms with Crippen molar-refractivity contribution in [2.24, 2.45) is 0 Å². The molecular formula is C27H33N3O3. The average Bonchev–Trinajstić information content (AvgIpc) is 3.42. The summed E-state index contributed by atoms with van der Waals surface area (Å²) in [7, 11) is 1.70. The SMILES string of the molecule is CCc1ccc(OCCN2CCC3(C2)c2[nH]c4ccc(OC)cc4c2CCN3C(C)=O)cc1. The van der Waals surface area contributed by atoms with Crippen molar-refractivity contribution in [3.8, 4) is 11.5 Å². The maximum atomic E-state index is 12.7. The molecule has 3 aromatic rings. The first-order chi connectivity index (χ1) is 16.0. The van der Waals surface area contributed by atoms with Crippen LogP contribution in [-0.4, -0.2) is 60.6 Å². The molecule has 1 N–H and O–H groups in total. The van der Waals surface area contributed by atoms with E-state index >= 15 is 0 Å². The first-order valence-electron chi connectivity index (χ1n) is 12.0. The van der Waals surface area contributed by atoms with E-state index in [0.29, 0.717) is 6.61 Å². The van der Waals surface area contributed by atoms with Crippen LogP contribution in [0.5, 0.6) is 11.5 Å². The van der Waals surface area contributed by atoms with Crippen molar-refractivity contribution >= 4 is 16.8 Å². The number of aromatic amines is 1. The Labute approximate surface area is 195 Å². The lowest BCUT2D eigenvalue weighted by Gasteiger charge is -2.44. The quantitative estimate of drug-likeness (QED) is 0.618. The molecule has 1 unspecified atom stereocenters. The van der Waals surface area contributed by atoms with Crippen LogP contribution < -0.4 is 9.47 Å². The molecule has 1 fully saturated rings. The third-order valence-corrected chi connectivity index (χ3v) is 7.40. The number of methoxy groups -OCH3 is 1. The highest BCUT2D eigenvalue weighted by Crippen LogP contribution is 2.45. The molecule has 3 heterocycles. The smallest absolute Gasteiger partial charge is 0.220 e. The number of aryl methyl sites for hydroxylation is 1. The van der Waals surface area contributed by atoms with Crippen LogP contribution >= 0.6 is 0 Å². The van der Waals surface area contributed by atoms with Crippen molar-refractivity contribution in [2.75, 3.05) is 39.9 Å². The van der Waals surface area contributed by atoms with Crippen molar-refractivity contribution in [1.82, 2.24) is 14.8 Å². The van der Waals surface area contributed by atoms with Crippen LogP contribution in [0.3, 0.4) is 0 Å². The van der Waals surface area contributed by atoms with E-state index in [2.05, 4.69) is 46.0 Å². The van der Waals surface area contributed by atoms with Gasteiger partial charge >= 0.3 is 0 Å². The highest BCUT2D eigenvalue weighted by atomic mass is 16.5. The predicted molar refractivity (Wildman–Crippen MR) is 130 cm³/mol. The largest absolute Gasteiger partial charge is 0.497 e. The van der Waals surface area contributed by atoms with Crippen LogP contribution in [0, 0.1) is 0 Å². The number of hydrogen-bond donors (Lipinski definition) is 1. The van der Waals surface area contributed by atoms with Crippen LogP contribution in [0.2, 0.25) is 0 Å². The zero-order chi connectivity index (χ0) is 23.0. The van der Waals surface area contributed by atoms with Gasteiger partial charge in [-0.1, -0.05) is 19.1 Å². The summed E-state index contributed by atoms with van der Waals surface area (Å²) < 4.78 is 11.5. The Morgan fingerprint density at radius 3 is 2.64 bits per heavy atom. The number of fused-ring (bicyclic) bond motifs is 4. The lowest BCUT2D eigenvalue weighted by molar-refractivity contribution is -0.136. The molecule has 6 heteroatoms. The summed E-state index contributed by atoms with van der Waals surface area (Å²) >= 11 is 0. The minimum absolute atomic E-state index is 0.144. The Hall–Kier alpha value is -2.99. The summed E-state index contributed by atoms with van der Waals surface area (Å²) in [4.78, 5) is 20.9. The lowest BCUT2D eigenvalue weighted by Crippen LogP contribution is -2.54. The fourth-order valence-electron chi connectivity index (χ4n) is 5.64. The van der Waals surface area contributed by atoms with Gasteiger partial charge in [0.1, 0.15) is 18.1 Å². The van der Waals surface area contributed by atoms with Crippen molar-refractivity contribution in [3.05, 3.63) is 59.3 Å². The van der Waals surface area contributed by atoms with Gasteiger partial charge in [0.15, 0.2) is 0 Å². The van der Waals surface area contributed by atoms with Crippen LogP contribution in [0.1, 0.15) is 37.1 Å². The van der Waals surface area contributed by atoms with Gasteiger partial charge in [0.25, 0.3) is 0 Å². The Balaban J connectivity index is 1.36. The summed E-state index contributed by atoms with van der Waals surface area (Å²) in [6, 6.07) is 14.5. The molecule has 0 saturated carbocycles. The molecule has 174 valence electrons. The van der Waals surface area contributed by atoms with E-state index in [0.717, 1.165) is 62.5 Å². The van der Waals surface area contributed by atoms with E-state index in [1.165, 1.54) is 22.2 Å². The maximum Gasteiger partial charge on any atom is 0.220 e. The van der Waals surface area contributed by atoms with Crippen LogP contribution in [0.15, 0.2) is 42.5 Å². The van der Waals surface area contributed by atoms with Crippen molar-refractivity contribution < 1.29 is 14.3 Å². The Morgan fingerprint density at radius 2 is 1.91 bits per heavy atom. The van der Waals surface area contributed by atoms with Gasteiger partial charge in [-0.25, -0.2) is 0 Å². The topological polar surface area (TPSA) is 57.8 Å². The van der Waals surface area contributed by atoms with Crippen molar-refractivity contribution in [3.63, 3.8) is 0 Å². The summed E-state index contributed by atoms with van der Waals surface area (Å²) in [5.74, 6) is 1.92. The van der Waals surface area contributed by atoms with Gasteiger partial charge in [0.05, 0.1) is 12.6 Å². The number of benzene rings is 2. The highest BCUT2D eigenvalue weighted by Gasteiger charge is 2.50. The number of hydrogen-bond acceptors (Lipinski definition) is 4. The zero-order valence-electron chi connectivity index (χ0n) is 19.8. The molecule has 6 nitrogen and oxygen atoms in total. The molecule has 0 radical (unpaired) electrons. The van der Waals surface area contributed by atoms with Gasteiger partial charge in [-0.05, 0) is 60.7 Å². The van der Waals surface area contributed by atoms with Crippen LogP contribution in [-0.2, 0) is 23.2 Å². The fourth-order valence-corrected chi connectivity index (χ4v) is 5.64. The van der Waals surface area contributed by atoms with Gasteiger partial charge in [-0.3, -0.25) is 9.69 Å². The molecule has 33 heavy (non-hydrogen) atoms. The predicted octanol–water partition coefficient (Wildman–Crippen LogP) is 4.12. The molecule has 2 aliphatic heterocycles. The number of rotatable bonds is 6. The highest BCUT2D eigenvalue weighted by molar-refractivity contribution is 5.87. The van der Waals surface area contributed by atoms with E-state index in [4.69, 9.17) is 9.47 Å². The molecule has 1 aromatic heterocycles. The monoisotopic (exact) mass is 447 g/mol. The van der Waals surface area contributed by atoms with E-state index in [1.807, 2.05) is 18.2 Å². The molecule has 1 atom stereocenters. The molecular weight excluding hydrogens is 414 g/mol.